The minimum Gasteiger partial charge on any atom is -0.489 e. The Labute approximate surface area is 214 Å². The zero-order chi connectivity index (χ0) is 26.5. The lowest BCUT2D eigenvalue weighted by molar-refractivity contribution is 0.0993. The van der Waals surface area contributed by atoms with E-state index in [0.717, 1.165) is 36.7 Å². The van der Waals surface area contributed by atoms with Crippen LogP contribution in [0, 0.1) is 11.6 Å². The topological polar surface area (TPSA) is 87.5 Å². The van der Waals surface area contributed by atoms with Gasteiger partial charge >= 0.3 is 0 Å². The number of carbonyl (C=O) groups excluding carboxylic acids is 1. The molecule has 0 aliphatic rings. The van der Waals surface area contributed by atoms with Crippen molar-refractivity contribution in [3.63, 3.8) is 0 Å². The van der Waals surface area contributed by atoms with Crippen LogP contribution in [-0.2, 0) is 13.0 Å². The summed E-state index contributed by atoms with van der Waals surface area (Å²) in [6.07, 6.45) is 1.10. The van der Waals surface area contributed by atoms with Crippen molar-refractivity contribution in [3.8, 4) is 5.75 Å². The van der Waals surface area contributed by atoms with E-state index in [1.54, 1.807) is 24.3 Å². The van der Waals surface area contributed by atoms with Crippen molar-refractivity contribution in [1.29, 1.82) is 0 Å². The van der Waals surface area contributed by atoms with Crippen LogP contribution in [0.25, 0.3) is 10.9 Å². The van der Waals surface area contributed by atoms with Gasteiger partial charge in [0.15, 0.2) is 5.78 Å². The van der Waals surface area contributed by atoms with Crippen molar-refractivity contribution in [1.82, 2.24) is 15.1 Å². The van der Waals surface area contributed by atoms with E-state index >= 15 is 0 Å². The monoisotopic (exact) mass is 507 g/mol. The molecule has 0 amide bonds. The summed E-state index contributed by atoms with van der Waals surface area (Å²) in [5, 5.41) is 7.94. The number of Topliss-reactive ketones (excluding diaryl/α,β-unsaturated/α-hetero) is 1. The number of hydrogen-bond donors (Lipinski definition) is 2. The van der Waals surface area contributed by atoms with Crippen LogP contribution in [0.2, 0.25) is 0 Å². The van der Waals surface area contributed by atoms with Gasteiger partial charge in [-0.15, -0.1) is 0 Å². The molecule has 4 aromatic rings. The van der Waals surface area contributed by atoms with Crippen LogP contribution in [0.1, 0.15) is 28.0 Å². The molecule has 1 aromatic heterocycles. The van der Waals surface area contributed by atoms with Gasteiger partial charge in [-0.1, -0.05) is 0 Å². The third kappa shape index (κ3) is 6.62. The van der Waals surface area contributed by atoms with Crippen LogP contribution in [-0.4, -0.2) is 55.1 Å². The third-order valence-corrected chi connectivity index (χ3v) is 6.14. The van der Waals surface area contributed by atoms with Crippen LogP contribution >= 0.6 is 0 Å². The molecule has 9 heteroatoms. The normalized spacial score (nSPS) is 11.3. The van der Waals surface area contributed by atoms with Crippen LogP contribution in [0.15, 0.2) is 54.6 Å². The van der Waals surface area contributed by atoms with E-state index in [9.17, 15) is 13.6 Å². The van der Waals surface area contributed by atoms with E-state index in [0.29, 0.717) is 33.8 Å². The SMILES string of the molecule is CN(C)CCCN(C)c1ccc(C(=O)Cc2[nH]nc3ccc(OCc4cc(F)cc(F)c4)cc23)c(N)c1. The Kier molecular flexibility index (Phi) is 8.03. The molecule has 0 unspecified atom stereocenters. The Morgan fingerprint density at radius 3 is 2.46 bits per heavy atom. The number of nitrogens with zero attached hydrogens (tertiary/aromatic N) is 3. The van der Waals surface area contributed by atoms with Gasteiger partial charge in [-0.3, -0.25) is 9.89 Å². The molecule has 3 aromatic carbocycles. The second-order valence-corrected chi connectivity index (χ2v) is 9.40. The molecule has 37 heavy (non-hydrogen) atoms. The Morgan fingerprint density at radius 1 is 1.00 bits per heavy atom. The summed E-state index contributed by atoms with van der Waals surface area (Å²) < 4.78 is 32.6. The van der Waals surface area contributed by atoms with Crippen molar-refractivity contribution in [2.45, 2.75) is 19.4 Å². The lowest BCUT2D eigenvalue weighted by Gasteiger charge is -2.21. The van der Waals surface area contributed by atoms with Crippen molar-refractivity contribution >= 4 is 28.1 Å². The van der Waals surface area contributed by atoms with Gasteiger partial charge in [-0.05, 0) is 81.2 Å². The fourth-order valence-corrected chi connectivity index (χ4v) is 4.18. The lowest BCUT2D eigenvalue weighted by Crippen LogP contribution is -2.23. The first-order valence-electron chi connectivity index (χ1n) is 12.0. The Hall–Kier alpha value is -3.98. The van der Waals surface area contributed by atoms with Gasteiger partial charge in [0.05, 0.1) is 17.6 Å². The van der Waals surface area contributed by atoms with Crippen molar-refractivity contribution in [3.05, 3.63) is 83.1 Å². The first-order chi connectivity index (χ1) is 17.7. The molecule has 3 N–H and O–H groups in total. The number of aromatic nitrogens is 2. The summed E-state index contributed by atoms with van der Waals surface area (Å²) >= 11 is 0. The average molecular weight is 508 g/mol. The maximum absolute atomic E-state index is 13.4. The number of benzene rings is 3. The molecule has 0 atom stereocenters. The van der Waals surface area contributed by atoms with Crippen molar-refractivity contribution in [2.75, 3.05) is 44.9 Å². The highest BCUT2D eigenvalue weighted by atomic mass is 19.1. The molecule has 0 saturated heterocycles. The largest absolute Gasteiger partial charge is 0.489 e. The summed E-state index contributed by atoms with van der Waals surface area (Å²) in [5.74, 6) is -0.958. The van der Waals surface area contributed by atoms with Gasteiger partial charge in [0.1, 0.15) is 24.0 Å². The number of nitrogen functional groups attached to an aromatic ring is 1. The minimum absolute atomic E-state index is 0.00121. The zero-order valence-electron chi connectivity index (χ0n) is 21.2. The number of rotatable bonds is 11. The maximum atomic E-state index is 13.4. The Morgan fingerprint density at radius 2 is 1.76 bits per heavy atom. The smallest absolute Gasteiger partial charge is 0.170 e. The van der Waals surface area contributed by atoms with Crippen LogP contribution < -0.4 is 15.4 Å². The summed E-state index contributed by atoms with van der Waals surface area (Å²) in [4.78, 5) is 17.4. The van der Waals surface area contributed by atoms with E-state index in [1.807, 2.05) is 33.3 Å². The summed E-state index contributed by atoms with van der Waals surface area (Å²) in [6.45, 7) is 1.87. The molecule has 0 fully saturated rings. The fraction of sp³-hybridized carbons (Fsp3) is 0.286. The summed E-state index contributed by atoms with van der Waals surface area (Å²) in [7, 11) is 6.10. The predicted octanol–water partition coefficient (Wildman–Crippen LogP) is 4.82. The number of anilines is 2. The fourth-order valence-electron chi connectivity index (χ4n) is 4.18. The molecule has 0 aliphatic heterocycles. The highest BCUT2D eigenvalue weighted by Crippen LogP contribution is 2.26. The molecule has 7 nitrogen and oxygen atoms in total. The number of fused-ring (bicyclic) bond motifs is 1. The number of ether oxygens (including phenoxy) is 1. The molecule has 0 aliphatic carbocycles. The zero-order valence-corrected chi connectivity index (χ0v) is 21.2. The van der Waals surface area contributed by atoms with E-state index in [-0.39, 0.29) is 18.8 Å². The van der Waals surface area contributed by atoms with Gasteiger partial charge in [0.25, 0.3) is 0 Å². The molecule has 0 bridgehead atoms. The maximum Gasteiger partial charge on any atom is 0.170 e. The molecule has 4 rings (SSSR count). The lowest BCUT2D eigenvalue weighted by atomic mass is 10.0. The Bertz CT molecular complexity index is 1380. The first-order valence-corrected chi connectivity index (χ1v) is 12.0. The Balaban J connectivity index is 1.45. The van der Waals surface area contributed by atoms with Gasteiger partial charge in [0.2, 0.25) is 0 Å². The van der Waals surface area contributed by atoms with Gasteiger partial charge < -0.3 is 20.3 Å². The van der Waals surface area contributed by atoms with Gasteiger partial charge in [-0.2, -0.15) is 5.10 Å². The molecule has 0 spiro atoms. The van der Waals surface area contributed by atoms with Crippen LogP contribution in [0.5, 0.6) is 5.75 Å². The van der Waals surface area contributed by atoms with E-state index < -0.39 is 11.6 Å². The number of nitrogens with two attached hydrogens (primary N) is 1. The second kappa shape index (κ2) is 11.4. The number of ketones is 1. The number of aromatic amines is 1. The van der Waals surface area contributed by atoms with Crippen LogP contribution in [0.3, 0.4) is 0 Å². The molecule has 0 saturated carbocycles. The van der Waals surface area contributed by atoms with Crippen molar-refractivity contribution in [2.24, 2.45) is 0 Å². The predicted molar refractivity (Wildman–Crippen MR) is 142 cm³/mol. The molecule has 0 radical (unpaired) electrons. The molecule has 194 valence electrons. The van der Waals surface area contributed by atoms with E-state index in [1.165, 1.54) is 12.1 Å². The quantitative estimate of drug-likeness (QED) is 0.224. The molecule has 1 heterocycles. The molecular formula is C28H31F2N5O2. The van der Waals surface area contributed by atoms with Gasteiger partial charge in [-0.25, -0.2) is 8.78 Å². The summed E-state index contributed by atoms with van der Waals surface area (Å²) in [6, 6.07) is 14.0. The number of nitrogens with one attached hydrogen (secondary N) is 1. The van der Waals surface area contributed by atoms with Gasteiger partial charge in [0, 0.05) is 42.0 Å². The highest BCUT2D eigenvalue weighted by Gasteiger charge is 2.16. The van der Waals surface area contributed by atoms with E-state index in [4.69, 9.17) is 10.5 Å². The number of hydrogen-bond acceptors (Lipinski definition) is 6. The van der Waals surface area contributed by atoms with Crippen molar-refractivity contribution < 1.29 is 18.3 Å². The third-order valence-electron chi connectivity index (χ3n) is 6.14. The summed E-state index contributed by atoms with van der Waals surface area (Å²) in [5.41, 5.74) is 9.79. The standard InChI is InChI=1S/C28H31F2N5O2/c1-34(2)9-4-10-35(3)21-5-7-23(25(31)14-21)28(36)16-27-24-15-22(6-8-26(24)32-33-27)37-17-18-11-19(29)13-20(30)12-18/h5-8,11-15H,4,9-10,16-17,31H2,1-3H3,(H,32,33). The second-order valence-electron chi connectivity index (χ2n) is 9.40. The van der Waals surface area contributed by atoms with E-state index in [2.05, 4.69) is 20.0 Å². The molecular weight excluding hydrogens is 476 g/mol. The number of halogens is 2. The number of carbonyl (C=O) groups is 1. The highest BCUT2D eigenvalue weighted by molar-refractivity contribution is 6.03. The number of H-pyrrole nitrogens is 1. The first kappa shape index (κ1) is 26.1. The van der Waals surface area contributed by atoms with Crippen LogP contribution in [0.4, 0.5) is 20.2 Å². The minimum atomic E-state index is -0.659. The average Bonchev–Trinajstić information content (AvgIpc) is 3.23.